The smallest absolute Gasteiger partial charge is 0.417 e. The van der Waals surface area contributed by atoms with Gasteiger partial charge in [0.05, 0.1) is 11.1 Å². The van der Waals surface area contributed by atoms with E-state index >= 15 is 0 Å². The van der Waals surface area contributed by atoms with Crippen molar-refractivity contribution in [2.45, 2.75) is 75.1 Å². The second kappa shape index (κ2) is 12.3. The molecule has 1 aliphatic rings. The second-order valence-corrected chi connectivity index (χ2v) is 12.0. The minimum absolute atomic E-state index is 0.0786. The number of aromatic nitrogens is 1. The topological polar surface area (TPSA) is 120 Å². The van der Waals surface area contributed by atoms with E-state index in [-0.39, 0.29) is 28.9 Å². The molecule has 3 aromatic rings. The van der Waals surface area contributed by atoms with Gasteiger partial charge in [-0.2, -0.15) is 13.2 Å². The number of esters is 1. The molecule has 0 saturated heterocycles. The number of nitrogens with two attached hydrogens (primary N) is 1. The molecule has 7 nitrogen and oxygen atoms in total. The lowest BCUT2D eigenvalue weighted by Crippen LogP contribution is -2.41. The maximum atomic E-state index is 13.5. The SMILES string of the molecule is CCCC1(CCc2ccccc2)CC(O)=C(C(CC)c2cccc(-c3cc(C(F)(F)F)cnc3S(N)(=O)=O)c2)C(=O)O1. The number of hydrogen-bond donors (Lipinski definition) is 2. The summed E-state index contributed by atoms with van der Waals surface area (Å²) in [5.41, 5.74) is -0.569. The van der Waals surface area contributed by atoms with Crippen molar-refractivity contribution in [3.05, 3.63) is 94.9 Å². The average Bonchev–Trinajstić information content (AvgIpc) is 2.93. The number of sulfonamides is 1. The van der Waals surface area contributed by atoms with Crippen LogP contribution >= 0.6 is 0 Å². The molecule has 0 radical (unpaired) electrons. The number of rotatable bonds is 10. The van der Waals surface area contributed by atoms with Crippen molar-refractivity contribution in [3.63, 3.8) is 0 Å². The molecule has 11 heteroatoms. The van der Waals surface area contributed by atoms with E-state index in [1.807, 2.05) is 37.3 Å². The molecular formula is C31H33F3N2O5S. The molecule has 2 atom stereocenters. The fraction of sp³-hybridized carbons (Fsp3) is 0.355. The lowest BCUT2D eigenvalue weighted by Gasteiger charge is -2.38. The van der Waals surface area contributed by atoms with Gasteiger partial charge in [0.2, 0.25) is 0 Å². The number of pyridine rings is 1. The number of halogens is 3. The van der Waals surface area contributed by atoms with Crippen LogP contribution in [0.5, 0.6) is 0 Å². The lowest BCUT2D eigenvalue weighted by molar-refractivity contribution is -0.161. The second-order valence-electron chi connectivity index (χ2n) is 10.6. The number of carbonyl (C=O) groups excluding carboxylic acids is 1. The van der Waals surface area contributed by atoms with E-state index in [4.69, 9.17) is 9.88 Å². The first-order valence-electron chi connectivity index (χ1n) is 13.7. The number of aryl methyl sites for hydroxylation is 1. The minimum atomic E-state index is -4.77. The molecule has 42 heavy (non-hydrogen) atoms. The van der Waals surface area contributed by atoms with Crippen molar-refractivity contribution in [3.8, 4) is 11.1 Å². The Morgan fingerprint density at radius 1 is 1.07 bits per heavy atom. The van der Waals surface area contributed by atoms with E-state index in [0.717, 1.165) is 12.0 Å². The Labute approximate surface area is 243 Å². The summed E-state index contributed by atoms with van der Waals surface area (Å²) >= 11 is 0. The summed E-state index contributed by atoms with van der Waals surface area (Å²) in [6.45, 7) is 3.78. The van der Waals surface area contributed by atoms with Crippen LogP contribution in [-0.4, -0.2) is 30.1 Å². The summed E-state index contributed by atoms with van der Waals surface area (Å²) in [5, 5.41) is 15.8. The van der Waals surface area contributed by atoms with E-state index in [9.17, 15) is 31.5 Å². The molecule has 0 saturated carbocycles. The number of benzene rings is 2. The molecule has 2 aromatic carbocycles. The third-order valence-electron chi connectivity index (χ3n) is 7.55. The number of aliphatic hydroxyl groups is 1. The van der Waals surface area contributed by atoms with E-state index in [0.29, 0.717) is 43.5 Å². The highest BCUT2D eigenvalue weighted by atomic mass is 32.2. The van der Waals surface area contributed by atoms with E-state index < -0.39 is 44.3 Å². The van der Waals surface area contributed by atoms with Crippen molar-refractivity contribution < 1.29 is 36.2 Å². The lowest BCUT2D eigenvalue weighted by atomic mass is 9.79. The summed E-state index contributed by atoms with van der Waals surface area (Å²) in [7, 11) is -4.47. The number of nitrogens with zero attached hydrogens (tertiary/aromatic N) is 1. The summed E-state index contributed by atoms with van der Waals surface area (Å²) in [6, 6.07) is 16.6. The summed E-state index contributed by atoms with van der Waals surface area (Å²) in [5.74, 6) is -1.40. The Bertz CT molecular complexity index is 1590. The number of hydrogen-bond acceptors (Lipinski definition) is 6. The molecular weight excluding hydrogens is 569 g/mol. The van der Waals surface area contributed by atoms with Crippen LogP contribution in [0, 0.1) is 0 Å². The standard InChI is InChI=1S/C31H33F3N2O5S/c1-3-14-30(15-13-20-9-6-5-7-10-20)18-26(37)27(29(38)41-30)24(4-2)21-11-8-12-22(16-21)25-17-23(31(32,33)34)19-36-28(25)42(35,39)40/h5-12,16-17,19,24,37H,3-4,13-15,18H2,1-2H3,(H2,35,39,40). The third kappa shape index (κ3) is 6.84. The highest BCUT2D eigenvalue weighted by molar-refractivity contribution is 7.89. The van der Waals surface area contributed by atoms with Crippen molar-refractivity contribution in [2.24, 2.45) is 5.14 Å². The Kier molecular flexibility index (Phi) is 9.12. The Balaban J connectivity index is 1.72. The Morgan fingerprint density at radius 2 is 1.79 bits per heavy atom. The van der Waals surface area contributed by atoms with Crippen molar-refractivity contribution in [1.29, 1.82) is 0 Å². The monoisotopic (exact) mass is 602 g/mol. The van der Waals surface area contributed by atoms with Crippen LogP contribution in [0.3, 0.4) is 0 Å². The van der Waals surface area contributed by atoms with E-state index in [1.54, 1.807) is 13.0 Å². The summed E-state index contributed by atoms with van der Waals surface area (Å²) in [4.78, 5) is 17.0. The molecule has 3 N–H and O–H groups in total. The van der Waals surface area contributed by atoms with Crippen LogP contribution < -0.4 is 5.14 Å². The fourth-order valence-corrected chi connectivity index (χ4v) is 6.28. The third-order valence-corrected chi connectivity index (χ3v) is 8.42. The molecule has 224 valence electrons. The van der Waals surface area contributed by atoms with Crippen LogP contribution in [0.4, 0.5) is 13.2 Å². The first kappa shape index (κ1) is 31.2. The van der Waals surface area contributed by atoms with Gasteiger partial charge in [-0.15, -0.1) is 0 Å². The summed E-state index contributed by atoms with van der Waals surface area (Å²) < 4.78 is 70.8. The van der Waals surface area contributed by atoms with Gasteiger partial charge in [-0.1, -0.05) is 74.9 Å². The molecule has 0 spiro atoms. The molecule has 0 aliphatic carbocycles. The zero-order valence-corrected chi connectivity index (χ0v) is 24.1. The maximum Gasteiger partial charge on any atom is 0.417 e. The number of alkyl halides is 3. The molecule has 1 aliphatic heterocycles. The predicted molar refractivity (Wildman–Crippen MR) is 152 cm³/mol. The molecule has 2 heterocycles. The van der Waals surface area contributed by atoms with Gasteiger partial charge in [0, 0.05) is 24.1 Å². The Hall–Kier alpha value is -3.70. The zero-order valence-electron chi connectivity index (χ0n) is 23.3. The maximum absolute atomic E-state index is 13.5. The van der Waals surface area contributed by atoms with Gasteiger partial charge in [-0.05, 0) is 48.4 Å². The van der Waals surface area contributed by atoms with Gasteiger partial charge in [0.1, 0.15) is 11.4 Å². The van der Waals surface area contributed by atoms with E-state index in [2.05, 4.69) is 4.98 Å². The minimum Gasteiger partial charge on any atom is -0.512 e. The molecule has 1 aromatic heterocycles. The number of ether oxygens (including phenoxy) is 1. The van der Waals surface area contributed by atoms with Crippen LogP contribution in [0.2, 0.25) is 0 Å². The predicted octanol–water partition coefficient (Wildman–Crippen LogP) is 6.84. The fourth-order valence-electron chi connectivity index (χ4n) is 5.60. The zero-order chi connectivity index (χ0) is 30.7. The highest BCUT2D eigenvalue weighted by Gasteiger charge is 2.43. The molecule has 2 unspecified atom stereocenters. The van der Waals surface area contributed by atoms with Crippen molar-refractivity contribution >= 4 is 16.0 Å². The van der Waals surface area contributed by atoms with Gasteiger partial charge in [0.15, 0.2) is 5.03 Å². The summed E-state index contributed by atoms with van der Waals surface area (Å²) in [6.07, 6.45) is -1.37. The van der Waals surface area contributed by atoms with Crippen molar-refractivity contribution in [2.75, 3.05) is 0 Å². The normalized spacial score (nSPS) is 18.6. The number of primary sulfonamides is 1. The highest BCUT2D eigenvalue weighted by Crippen LogP contribution is 2.43. The van der Waals surface area contributed by atoms with E-state index in [1.165, 1.54) is 18.2 Å². The molecule has 4 rings (SSSR count). The molecule has 0 fully saturated rings. The van der Waals surface area contributed by atoms with Gasteiger partial charge < -0.3 is 9.84 Å². The first-order chi connectivity index (χ1) is 19.8. The van der Waals surface area contributed by atoms with Gasteiger partial charge in [-0.25, -0.2) is 23.3 Å². The van der Waals surface area contributed by atoms with Crippen molar-refractivity contribution in [1.82, 2.24) is 4.98 Å². The van der Waals surface area contributed by atoms with Crippen LogP contribution in [-0.2, 0) is 32.2 Å². The number of carbonyl (C=O) groups is 1. The first-order valence-corrected chi connectivity index (χ1v) is 15.2. The van der Waals surface area contributed by atoms with Crippen LogP contribution in [0.1, 0.15) is 68.6 Å². The van der Waals surface area contributed by atoms with Gasteiger partial charge in [0.25, 0.3) is 10.0 Å². The largest absolute Gasteiger partial charge is 0.512 e. The quantitative estimate of drug-likeness (QED) is 0.245. The number of aliphatic hydroxyl groups excluding tert-OH is 1. The van der Waals surface area contributed by atoms with Gasteiger partial charge in [-0.3, -0.25) is 0 Å². The Morgan fingerprint density at radius 3 is 2.38 bits per heavy atom. The molecule has 0 bridgehead atoms. The molecule has 0 amide bonds. The van der Waals surface area contributed by atoms with Crippen LogP contribution in [0.25, 0.3) is 11.1 Å². The number of cyclic esters (lactones) is 1. The van der Waals surface area contributed by atoms with Gasteiger partial charge >= 0.3 is 12.1 Å². The van der Waals surface area contributed by atoms with Crippen LogP contribution in [0.15, 0.2) is 83.2 Å². The average molecular weight is 603 g/mol.